The van der Waals surface area contributed by atoms with Gasteiger partial charge in [0, 0.05) is 25.2 Å². The SMILES string of the molecule is COc1cc(OC)c(C(=O)N2CC[C@H]3CNC[C@@H]3C2)cc1OC. The number of piperidine rings is 1. The third-order valence-electron chi connectivity index (χ3n) is 4.93. The Morgan fingerprint density at radius 1 is 1.04 bits per heavy atom. The second-order valence-electron chi connectivity index (χ2n) is 6.13. The first-order chi connectivity index (χ1) is 11.2. The summed E-state index contributed by atoms with van der Waals surface area (Å²) in [6.07, 6.45) is 1.05. The number of carbonyl (C=O) groups excluding carboxylic acids is 1. The third kappa shape index (κ3) is 2.95. The fourth-order valence-electron chi connectivity index (χ4n) is 3.59. The fourth-order valence-corrected chi connectivity index (χ4v) is 3.59. The van der Waals surface area contributed by atoms with E-state index in [1.54, 1.807) is 33.5 Å². The molecule has 0 aliphatic carbocycles. The summed E-state index contributed by atoms with van der Waals surface area (Å²) in [6, 6.07) is 3.41. The average molecular weight is 320 g/mol. The van der Waals surface area contributed by atoms with Crippen LogP contribution in [0.4, 0.5) is 0 Å². The molecule has 1 N–H and O–H groups in total. The summed E-state index contributed by atoms with van der Waals surface area (Å²) in [5.74, 6) is 2.85. The molecule has 2 aliphatic heterocycles. The standard InChI is InChI=1S/C17H24N2O4/c1-21-14-7-16(23-3)15(22-2)6-13(14)17(20)19-5-4-11-8-18-9-12(11)10-19/h6-7,11-12,18H,4-5,8-10H2,1-3H3/t11-,12+/m0/s1. The van der Waals surface area contributed by atoms with Gasteiger partial charge in [-0.2, -0.15) is 0 Å². The van der Waals surface area contributed by atoms with E-state index in [0.717, 1.165) is 32.6 Å². The minimum Gasteiger partial charge on any atom is -0.496 e. The van der Waals surface area contributed by atoms with Gasteiger partial charge in [-0.3, -0.25) is 4.79 Å². The maximum atomic E-state index is 13.0. The van der Waals surface area contributed by atoms with Crippen LogP contribution in [0.15, 0.2) is 12.1 Å². The topological polar surface area (TPSA) is 60.0 Å². The molecular formula is C17H24N2O4. The van der Waals surface area contributed by atoms with Crippen LogP contribution in [0.1, 0.15) is 16.8 Å². The van der Waals surface area contributed by atoms with Crippen molar-refractivity contribution in [1.29, 1.82) is 0 Å². The Labute approximate surface area is 136 Å². The largest absolute Gasteiger partial charge is 0.496 e. The molecule has 23 heavy (non-hydrogen) atoms. The maximum absolute atomic E-state index is 13.0. The lowest BCUT2D eigenvalue weighted by atomic mass is 9.88. The Balaban J connectivity index is 1.86. The number of nitrogens with zero attached hydrogens (tertiary/aromatic N) is 1. The predicted octanol–water partition coefficient (Wildman–Crippen LogP) is 1.39. The van der Waals surface area contributed by atoms with Gasteiger partial charge in [0.15, 0.2) is 11.5 Å². The second-order valence-corrected chi connectivity index (χ2v) is 6.13. The minimum absolute atomic E-state index is 0.00634. The first-order valence-corrected chi connectivity index (χ1v) is 7.98. The number of amides is 1. The minimum atomic E-state index is -0.00634. The van der Waals surface area contributed by atoms with Gasteiger partial charge in [0.2, 0.25) is 0 Å². The summed E-state index contributed by atoms with van der Waals surface area (Å²) in [6.45, 7) is 3.66. The quantitative estimate of drug-likeness (QED) is 0.908. The van der Waals surface area contributed by atoms with Gasteiger partial charge in [-0.1, -0.05) is 0 Å². The molecule has 1 aromatic rings. The molecule has 2 aliphatic rings. The Morgan fingerprint density at radius 2 is 1.70 bits per heavy atom. The number of hydrogen-bond donors (Lipinski definition) is 1. The number of likely N-dealkylation sites (tertiary alicyclic amines) is 1. The maximum Gasteiger partial charge on any atom is 0.257 e. The molecule has 6 heteroatoms. The molecule has 2 heterocycles. The number of methoxy groups -OCH3 is 3. The van der Waals surface area contributed by atoms with Gasteiger partial charge >= 0.3 is 0 Å². The van der Waals surface area contributed by atoms with Crippen molar-refractivity contribution in [1.82, 2.24) is 10.2 Å². The van der Waals surface area contributed by atoms with Crippen molar-refractivity contribution < 1.29 is 19.0 Å². The van der Waals surface area contributed by atoms with Crippen LogP contribution in [-0.2, 0) is 0 Å². The normalized spacial score (nSPS) is 23.3. The molecule has 6 nitrogen and oxygen atoms in total. The van der Waals surface area contributed by atoms with Gasteiger partial charge in [-0.25, -0.2) is 0 Å². The van der Waals surface area contributed by atoms with Gasteiger partial charge in [0.05, 0.1) is 26.9 Å². The van der Waals surface area contributed by atoms with Gasteiger partial charge in [0.25, 0.3) is 5.91 Å². The van der Waals surface area contributed by atoms with Crippen LogP contribution < -0.4 is 19.5 Å². The van der Waals surface area contributed by atoms with E-state index in [4.69, 9.17) is 14.2 Å². The molecule has 0 radical (unpaired) electrons. The highest BCUT2D eigenvalue weighted by Crippen LogP contribution is 2.36. The monoisotopic (exact) mass is 320 g/mol. The van der Waals surface area contributed by atoms with E-state index in [1.807, 2.05) is 4.90 Å². The Bertz CT molecular complexity index is 590. The lowest BCUT2D eigenvalue weighted by Crippen LogP contribution is -2.43. The summed E-state index contributed by atoms with van der Waals surface area (Å²) in [5.41, 5.74) is 0.523. The van der Waals surface area contributed by atoms with Crippen LogP contribution in [0, 0.1) is 11.8 Å². The Morgan fingerprint density at radius 3 is 2.39 bits per heavy atom. The molecule has 2 atom stereocenters. The van der Waals surface area contributed by atoms with Crippen molar-refractivity contribution >= 4 is 5.91 Å². The van der Waals surface area contributed by atoms with Crippen LogP contribution in [0.5, 0.6) is 17.2 Å². The molecular weight excluding hydrogens is 296 g/mol. The Hall–Kier alpha value is -1.95. The predicted molar refractivity (Wildman–Crippen MR) is 86.5 cm³/mol. The molecule has 0 bridgehead atoms. The van der Waals surface area contributed by atoms with E-state index in [9.17, 15) is 4.79 Å². The van der Waals surface area contributed by atoms with Crippen molar-refractivity contribution in [3.05, 3.63) is 17.7 Å². The molecule has 2 fully saturated rings. The van der Waals surface area contributed by atoms with Gasteiger partial charge in [0.1, 0.15) is 5.75 Å². The van der Waals surface area contributed by atoms with E-state index in [1.165, 1.54) is 0 Å². The highest BCUT2D eigenvalue weighted by Gasteiger charge is 2.35. The molecule has 126 valence electrons. The Kier molecular flexibility index (Phi) is 4.61. The number of nitrogens with one attached hydrogen (secondary N) is 1. The summed E-state index contributed by atoms with van der Waals surface area (Å²) in [5, 5.41) is 3.42. The van der Waals surface area contributed by atoms with Crippen molar-refractivity contribution in [2.45, 2.75) is 6.42 Å². The number of hydrogen-bond acceptors (Lipinski definition) is 5. The first-order valence-electron chi connectivity index (χ1n) is 7.98. The molecule has 2 saturated heterocycles. The molecule has 1 amide bonds. The van der Waals surface area contributed by atoms with Crippen molar-refractivity contribution in [3.63, 3.8) is 0 Å². The smallest absolute Gasteiger partial charge is 0.257 e. The molecule has 0 saturated carbocycles. The molecule has 0 spiro atoms. The lowest BCUT2D eigenvalue weighted by Gasteiger charge is -2.34. The van der Waals surface area contributed by atoms with E-state index in [-0.39, 0.29) is 5.91 Å². The number of benzene rings is 1. The first kappa shape index (κ1) is 15.9. The van der Waals surface area contributed by atoms with Crippen molar-refractivity contribution in [3.8, 4) is 17.2 Å². The van der Waals surface area contributed by atoms with Crippen molar-refractivity contribution in [2.24, 2.45) is 11.8 Å². The zero-order valence-corrected chi connectivity index (χ0v) is 13.9. The zero-order valence-electron chi connectivity index (χ0n) is 13.9. The van der Waals surface area contributed by atoms with E-state index in [2.05, 4.69) is 5.32 Å². The molecule has 1 aromatic carbocycles. The van der Waals surface area contributed by atoms with Crippen LogP contribution in [0.2, 0.25) is 0 Å². The number of carbonyl (C=O) groups is 1. The van der Waals surface area contributed by atoms with Gasteiger partial charge in [-0.05, 0) is 31.3 Å². The molecule has 0 aromatic heterocycles. The van der Waals surface area contributed by atoms with Crippen LogP contribution in [0.25, 0.3) is 0 Å². The van der Waals surface area contributed by atoms with E-state index < -0.39 is 0 Å². The second kappa shape index (κ2) is 6.66. The summed E-state index contributed by atoms with van der Waals surface area (Å²) in [4.78, 5) is 14.9. The van der Waals surface area contributed by atoms with Crippen LogP contribution in [-0.4, -0.2) is 58.3 Å². The third-order valence-corrected chi connectivity index (χ3v) is 4.93. The van der Waals surface area contributed by atoms with Crippen LogP contribution >= 0.6 is 0 Å². The zero-order chi connectivity index (χ0) is 16.4. The van der Waals surface area contributed by atoms with Crippen molar-refractivity contribution in [2.75, 3.05) is 47.5 Å². The lowest BCUT2D eigenvalue weighted by molar-refractivity contribution is 0.0638. The van der Waals surface area contributed by atoms with Gasteiger partial charge in [-0.15, -0.1) is 0 Å². The molecule has 0 unspecified atom stereocenters. The van der Waals surface area contributed by atoms with E-state index in [0.29, 0.717) is 34.6 Å². The van der Waals surface area contributed by atoms with Crippen LogP contribution in [0.3, 0.4) is 0 Å². The highest BCUT2D eigenvalue weighted by molar-refractivity contribution is 5.98. The number of rotatable bonds is 4. The number of fused-ring (bicyclic) bond motifs is 1. The molecule has 3 rings (SSSR count). The number of ether oxygens (including phenoxy) is 3. The highest BCUT2D eigenvalue weighted by atomic mass is 16.5. The summed E-state index contributed by atoms with van der Waals surface area (Å²) in [7, 11) is 4.69. The summed E-state index contributed by atoms with van der Waals surface area (Å²) >= 11 is 0. The fraction of sp³-hybridized carbons (Fsp3) is 0.588. The van der Waals surface area contributed by atoms with E-state index >= 15 is 0 Å². The average Bonchev–Trinajstić information content (AvgIpc) is 3.07. The summed E-state index contributed by atoms with van der Waals surface area (Å²) < 4.78 is 16.0. The van der Waals surface area contributed by atoms with Gasteiger partial charge < -0.3 is 24.4 Å².